The molecule has 1 nitrogen and oxygen atoms in total. The molecule has 0 fully saturated rings. The van der Waals surface area contributed by atoms with Crippen molar-refractivity contribution >= 4 is 50.1 Å². The zero-order valence-electron chi connectivity index (χ0n) is 5.16. The van der Waals surface area contributed by atoms with Crippen LogP contribution in [0.15, 0.2) is 0 Å². The van der Waals surface area contributed by atoms with E-state index in [9.17, 15) is 0 Å². The van der Waals surface area contributed by atoms with Gasteiger partial charge in [-0.25, -0.2) is 0 Å². The molecule has 0 saturated carbocycles. The van der Waals surface area contributed by atoms with Crippen LogP contribution in [0.5, 0.6) is 0 Å². The van der Waals surface area contributed by atoms with Crippen LogP contribution in [0.3, 0.4) is 0 Å². The number of hydrogen-bond acceptors (Lipinski definition) is 1. The standard InChI is InChI=1S/C4H9Br3GeO/c1-2-3-4-9-8(5,6)7/h2-4H2,1H3. The third-order valence-electron chi connectivity index (χ3n) is 0.764. The molecule has 5 heteroatoms. The van der Waals surface area contributed by atoms with E-state index in [1.807, 2.05) is 0 Å². The van der Waals surface area contributed by atoms with Gasteiger partial charge < -0.3 is 0 Å². The first kappa shape index (κ1) is 10.9. The average molecular weight is 385 g/mol. The quantitative estimate of drug-likeness (QED) is 0.532. The van der Waals surface area contributed by atoms with Crippen molar-refractivity contribution < 1.29 is 3.76 Å². The molecule has 0 rings (SSSR count). The Balaban J connectivity index is 3.07. The van der Waals surface area contributed by atoms with Gasteiger partial charge in [-0.3, -0.25) is 0 Å². The van der Waals surface area contributed by atoms with Crippen molar-refractivity contribution in [3.63, 3.8) is 0 Å². The minimum absolute atomic E-state index is 0.845. The van der Waals surface area contributed by atoms with E-state index in [1.54, 1.807) is 0 Å². The van der Waals surface area contributed by atoms with Crippen LogP contribution >= 0.6 is 42.0 Å². The van der Waals surface area contributed by atoms with Gasteiger partial charge in [0.15, 0.2) is 0 Å². The maximum atomic E-state index is 5.41. The minimum atomic E-state index is -2.19. The zero-order valence-corrected chi connectivity index (χ0v) is 12.0. The first-order valence-corrected chi connectivity index (χ1v) is 18.4. The summed E-state index contributed by atoms with van der Waals surface area (Å²) in [5.41, 5.74) is 0. The van der Waals surface area contributed by atoms with E-state index in [2.05, 4.69) is 48.9 Å². The molecule has 0 aliphatic rings. The van der Waals surface area contributed by atoms with Gasteiger partial charge in [0.25, 0.3) is 0 Å². The van der Waals surface area contributed by atoms with Crippen molar-refractivity contribution in [1.29, 1.82) is 0 Å². The molecule has 0 atom stereocenters. The topological polar surface area (TPSA) is 9.23 Å². The van der Waals surface area contributed by atoms with Crippen molar-refractivity contribution in [3.8, 4) is 0 Å². The second-order valence-corrected chi connectivity index (χ2v) is 38.1. The average Bonchev–Trinajstić information content (AvgIpc) is 1.63. The predicted octanol–water partition coefficient (Wildman–Crippen LogP) is 3.42. The van der Waals surface area contributed by atoms with Crippen LogP contribution in [0.25, 0.3) is 0 Å². The van der Waals surface area contributed by atoms with E-state index in [1.165, 1.54) is 6.42 Å². The molecule has 0 unspecified atom stereocenters. The molecular formula is C4H9Br3GeO. The van der Waals surface area contributed by atoms with Gasteiger partial charge in [-0.2, -0.15) is 0 Å². The fraction of sp³-hybridized carbons (Fsp3) is 1.00. The van der Waals surface area contributed by atoms with Crippen molar-refractivity contribution in [2.24, 2.45) is 0 Å². The Bertz CT molecular complexity index is 72.7. The summed E-state index contributed by atoms with van der Waals surface area (Å²) in [6.07, 6.45) is 2.32. The van der Waals surface area contributed by atoms with Crippen molar-refractivity contribution in [2.45, 2.75) is 19.8 Å². The Kier molecular flexibility index (Phi) is 6.78. The first-order chi connectivity index (χ1) is 4.06. The van der Waals surface area contributed by atoms with E-state index in [0.717, 1.165) is 13.0 Å². The molecule has 56 valence electrons. The summed E-state index contributed by atoms with van der Waals surface area (Å²) in [7, 11) is -2.19. The second-order valence-electron chi connectivity index (χ2n) is 1.65. The third kappa shape index (κ3) is 9.94. The summed E-state index contributed by atoms with van der Waals surface area (Å²) in [5.74, 6) is 0. The van der Waals surface area contributed by atoms with Crippen molar-refractivity contribution in [2.75, 3.05) is 6.61 Å². The molecule has 0 aliphatic carbocycles. The van der Waals surface area contributed by atoms with E-state index < -0.39 is 8.08 Å². The molecule has 0 spiro atoms. The van der Waals surface area contributed by atoms with Crippen LogP contribution in [0.4, 0.5) is 0 Å². The molecule has 0 aromatic heterocycles. The molecule has 0 aromatic carbocycles. The van der Waals surface area contributed by atoms with Crippen molar-refractivity contribution in [1.82, 2.24) is 0 Å². The monoisotopic (exact) mass is 384 g/mol. The third-order valence-corrected chi connectivity index (χ3v) is 5.45. The van der Waals surface area contributed by atoms with Gasteiger partial charge in [0.2, 0.25) is 0 Å². The van der Waals surface area contributed by atoms with Gasteiger partial charge in [-0.15, -0.1) is 0 Å². The van der Waals surface area contributed by atoms with Crippen LogP contribution < -0.4 is 0 Å². The Morgan fingerprint density at radius 2 is 1.89 bits per heavy atom. The molecule has 0 aromatic rings. The SMILES string of the molecule is CCCC[O][Ge]([Br])([Br])[Br]. The summed E-state index contributed by atoms with van der Waals surface area (Å²) < 4.78 is 5.41. The number of unbranched alkanes of at least 4 members (excludes halogenated alkanes) is 1. The zero-order chi connectivity index (χ0) is 7.33. The molecule has 0 heterocycles. The Morgan fingerprint density at radius 3 is 2.22 bits per heavy atom. The Hall–Kier alpha value is 1.94. The van der Waals surface area contributed by atoms with Crippen LogP contribution in [0.1, 0.15) is 19.8 Å². The van der Waals surface area contributed by atoms with Crippen LogP contribution in [0, 0.1) is 0 Å². The fourth-order valence-corrected chi connectivity index (χ4v) is 3.64. The van der Waals surface area contributed by atoms with Gasteiger partial charge in [0.1, 0.15) is 0 Å². The molecule has 0 N–H and O–H groups in total. The van der Waals surface area contributed by atoms with Gasteiger partial charge in [-0.1, -0.05) is 0 Å². The summed E-state index contributed by atoms with van der Waals surface area (Å²) in [5, 5.41) is 0. The molecule has 0 amide bonds. The van der Waals surface area contributed by atoms with Gasteiger partial charge in [0.05, 0.1) is 0 Å². The first-order valence-electron chi connectivity index (χ1n) is 2.77. The molecule has 0 radical (unpaired) electrons. The molecule has 0 aliphatic heterocycles. The Labute approximate surface area is 79.5 Å². The number of halogens is 3. The molecule has 0 bridgehead atoms. The summed E-state index contributed by atoms with van der Waals surface area (Å²) in [6.45, 7) is 2.99. The van der Waals surface area contributed by atoms with Crippen LogP contribution in [-0.4, -0.2) is 14.7 Å². The molecule has 9 heavy (non-hydrogen) atoms. The van der Waals surface area contributed by atoms with Crippen LogP contribution in [0.2, 0.25) is 0 Å². The van der Waals surface area contributed by atoms with Gasteiger partial charge in [0, 0.05) is 0 Å². The van der Waals surface area contributed by atoms with Crippen LogP contribution in [-0.2, 0) is 3.76 Å². The second kappa shape index (κ2) is 5.58. The molecular weight excluding hydrogens is 376 g/mol. The number of hydrogen-bond donors (Lipinski definition) is 0. The maximum absolute atomic E-state index is 5.41. The predicted molar refractivity (Wildman–Crippen MR) is 53.4 cm³/mol. The summed E-state index contributed by atoms with van der Waals surface area (Å²) in [4.78, 5) is 0. The van der Waals surface area contributed by atoms with E-state index in [-0.39, 0.29) is 0 Å². The normalized spacial score (nSPS) is 12.0. The van der Waals surface area contributed by atoms with Gasteiger partial charge in [-0.05, 0) is 0 Å². The fourth-order valence-electron chi connectivity index (χ4n) is 0.332. The van der Waals surface area contributed by atoms with E-state index in [0.29, 0.717) is 0 Å². The summed E-state index contributed by atoms with van der Waals surface area (Å²) >= 11 is 10.2. The van der Waals surface area contributed by atoms with Gasteiger partial charge >= 0.3 is 80.2 Å². The van der Waals surface area contributed by atoms with Crippen molar-refractivity contribution in [3.05, 3.63) is 0 Å². The van der Waals surface area contributed by atoms with E-state index in [4.69, 9.17) is 3.76 Å². The Morgan fingerprint density at radius 1 is 1.33 bits per heavy atom. The molecule has 0 saturated heterocycles. The number of rotatable bonds is 4. The van der Waals surface area contributed by atoms with E-state index >= 15 is 0 Å². The summed E-state index contributed by atoms with van der Waals surface area (Å²) in [6, 6.07) is 0.